The minimum absolute atomic E-state index is 0.0146. The third kappa shape index (κ3) is 1.84. The number of para-hydroxylation sites is 1. The summed E-state index contributed by atoms with van der Waals surface area (Å²) in [6.07, 6.45) is -0.207. The van der Waals surface area contributed by atoms with Crippen molar-refractivity contribution in [2.75, 3.05) is 6.61 Å². The predicted octanol–water partition coefficient (Wildman–Crippen LogP) is 3.33. The third-order valence-electron chi connectivity index (χ3n) is 3.31. The van der Waals surface area contributed by atoms with E-state index in [1.54, 1.807) is 0 Å². The van der Waals surface area contributed by atoms with Crippen LogP contribution in [0.15, 0.2) is 53.0 Å². The van der Waals surface area contributed by atoms with Gasteiger partial charge in [0, 0.05) is 5.56 Å². The van der Waals surface area contributed by atoms with Crippen LogP contribution in [0, 0.1) is 0 Å². The number of ether oxygens (including phenoxy) is 1. The molecular weight excluding hydrogens is 292 g/mol. The predicted molar refractivity (Wildman–Crippen MR) is 73.9 cm³/mol. The van der Waals surface area contributed by atoms with Crippen LogP contribution in [-0.4, -0.2) is 17.8 Å². The Labute approximate surface area is 114 Å². The second-order valence-corrected chi connectivity index (χ2v) is 5.24. The molecule has 0 aromatic heterocycles. The zero-order valence-electron chi connectivity index (χ0n) is 9.71. The first-order valence-electron chi connectivity index (χ1n) is 5.92. The van der Waals surface area contributed by atoms with E-state index in [1.165, 1.54) is 5.56 Å². The van der Waals surface area contributed by atoms with Gasteiger partial charge in [0.05, 0.1) is 17.0 Å². The van der Waals surface area contributed by atoms with Crippen molar-refractivity contribution in [2.45, 2.75) is 12.0 Å². The van der Waals surface area contributed by atoms with Gasteiger partial charge in [-0.2, -0.15) is 0 Å². The number of benzene rings is 2. The fourth-order valence-corrected chi connectivity index (χ4v) is 2.99. The van der Waals surface area contributed by atoms with Crippen molar-refractivity contribution in [2.24, 2.45) is 0 Å². The SMILES string of the molecule is OCC1Oc2c(Br)cccc2C1c1ccccc1. The number of fused-ring (bicyclic) bond motifs is 1. The van der Waals surface area contributed by atoms with Crippen LogP contribution in [0.4, 0.5) is 0 Å². The van der Waals surface area contributed by atoms with Crippen molar-refractivity contribution in [3.8, 4) is 5.75 Å². The van der Waals surface area contributed by atoms with Crippen LogP contribution >= 0.6 is 15.9 Å². The number of aliphatic hydroxyl groups excluding tert-OH is 1. The van der Waals surface area contributed by atoms with Crippen molar-refractivity contribution in [1.29, 1.82) is 0 Å². The molecule has 3 heteroatoms. The average Bonchev–Trinajstić information content (AvgIpc) is 2.80. The molecule has 0 amide bonds. The fourth-order valence-electron chi connectivity index (χ4n) is 2.51. The van der Waals surface area contributed by atoms with Gasteiger partial charge in [0.25, 0.3) is 0 Å². The first kappa shape index (κ1) is 11.8. The van der Waals surface area contributed by atoms with Gasteiger partial charge in [0.2, 0.25) is 0 Å². The van der Waals surface area contributed by atoms with Crippen molar-refractivity contribution in [3.63, 3.8) is 0 Å². The molecule has 0 bridgehead atoms. The Morgan fingerprint density at radius 1 is 1.06 bits per heavy atom. The molecule has 3 rings (SSSR count). The summed E-state index contributed by atoms with van der Waals surface area (Å²) in [6, 6.07) is 16.2. The fraction of sp³-hybridized carbons (Fsp3) is 0.200. The minimum atomic E-state index is -0.207. The highest BCUT2D eigenvalue weighted by atomic mass is 79.9. The van der Waals surface area contributed by atoms with E-state index >= 15 is 0 Å². The van der Waals surface area contributed by atoms with Gasteiger partial charge in [-0.15, -0.1) is 0 Å². The topological polar surface area (TPSA) is 29.5 Å². The molecule has 2 aromatic carbocycles. The second-order valence-electron chi connectivity index (χ2n) is 4.39. The summed E-state index contributed by atoms with van der Waals surface area (Å²) in [5, 5.41) is 9.52. The smallest absolute Gasteiger partial charge is 0.138 e. The van der Waals surface area contributed by atoms with Crippen LogP contribution in [0.2, 0.25) is 0 Å². The van der Waals surface area contributed by atoms with Crippen molar-refractivity contribution < 1.29 is 9.84 Å². The molecule has 2 nitrogen and oxygen atoms in total. The van der Waals surface area contributed by atoms with E-state index in [-0.39, 0.29) is 18.6 Å². The molecule has 1 aliphatic heterocycles. The van der Waals surface area contributed by atoms with Gasteiger partial charge >= 0.3 is 0 Å². The van der Waals surface area contributed by atoms with Crippen molar-refractivity contribution in [3.05, 3.63) is 64.1 Å². The summed E-state index contributed by atoms with van der Waals surface area (Å²) in [7, 11) is 0. The molecule has 0 fully saturated rings. The molecular formula is C15H13BrO2. The number of halogens is 1. The standard InChI is InChI=1S/C15H13BrO2/c16-12-8-4-7-11-14(10-5-2-1-3-6-10)13(9-17)18-15(11)12/h1-8,13-14,17H,9H2. The lowest BCUT2D eigenvalue weighted by atomic mass is 9.88. The summed E-state index contributed by atoms with van der Waals surface area (Å²) in [5.41, 5.74) is 2.31. The molecule has 92 valence electrons. The molecule has 1 N–H and O–H groups in total. The van der Waals surface area contributed by atoms with Gasteiger partial charge < -0.3 is 9.84 Å². The number of rotatable bonds is 2. The van der Waals surface area contributed by atoms with Crippen LogP contribution in [0.3, 0.4) is 0 Å². The molecule has 0 aliphatic carbocycles. The van der Waals surface area contributed by atoms with E-state index in [1.807, 2.05) is 30.3 Å². The Kier molecular flexibility index (Phi) is 3.10. The second kappa shape index (κ2) is 4.75. The quantitative estimate of drug-likeness (QED) is 0.922. The van der Waals surface area contributed by atoms with Gasteiger partial charge in [-0.05, 0) is 27.6 Å². The van der Waals surface area contributed by atoms with Crippen LogP contribution in [0.5, 0.6) is 5.75 Å². The third-order valence-corrected chi connectivity index (χ3v) is 3.94. The van der Waals surface area contributed by atoms with Gasteiger partial charge in [-0.3, -0.25) is 0 Å². The van der Waals surface area contributed by atoms with Crippen LogP contribution in [0.25, 0.3) is 0 Å². The molecule has 2 atom stereocenters. The van der Waals surface area contributed by atoms with Gasteiger partial charge in [0.15, 0.2) is 0 Å². The molecule has 0 saturated heterocycles. The lowest BCUT2D eigenvalue weighted by molar-refractivity contribution is 0.123. The van der Waals surface area contributed by atoms with E-state index in [0.717, 1.165) is 15.8 Å². The Morgan fingerprint density at radius 3 is 2.56 bits per heavy atom. The summed E-state index contributed by atoms with van der Waals surface area (Å²) in [6.45, 7) is 0.0146. The zero-order valence-corrected chi connectivity index (χ0v) is 11.3. The highest BCUT2D eigenvalue weighted by Gasteiger charge is 2.35. The largest absolute Gasteiger partial charge is 0.486 e. The zero-order chi connectivity index (χ0) is 12.5. The van der Waals surface area contributed by atoms with E-state index in [0.29, 0.717) is 0 Å². The molecule has 0 saturated carbocycles. The monoisotopic (exact) mass is 304 g/mol. The van der Waals surface area contributed by atoms with E-state index in [9.17, 15) is 5.11 Å². The maximum atomic E-state index is 9.52. The van der Waals surface area contributed by atoms with E-state index in [4.69, 9.17) is 4.74 Å². The lowest BCUT2D eigenvalue weighted by Gasteiger charge is -2.17. The average molecular weight is 305 g/mol. The molecule has 2 aromatic rings. The van der Waals surface area contributed by atoms with Crippen molar-refractivity contribution >= 4 is 15.9 Å². The summed E-state index contributed by atoms with van der Waals surface area (Å²) >= 11 is 3.50. The lowest BCUT2D eigenvalue weighted by Crippen LogP contribution is -2.23. The van der Waals surface area contributed by atoms with E-state index in [2.05, 4.69) is 34.1 Å². The number of aliphatic hydroxyl groups is 1. The normalized spacial score (nSPS) is 21.4. The Hall–Kier alpha value is -1.32. The maximum Gasteiger partial charge on any atom is 0.138 e. The maximum absolute atomic E-state index is 9.52. The number of hydrogen-bond donors (Lipinski definition) is 1. The van der Waals surface area contributed by atoms with Gasteiger partial charge in [0.1, 0.15) is 11.9 Å². The van der Waals surface area contributed by atoms with Crippen LogP contribution < -0.4 is 4.74 Å². The van der Waals surface area contributed by atoms with Gasteiger partial charge in [-0.1, -0.05) is 42.5 Å². The molecule has 0 spiro atoms. The molecule has 2 unspecified atom stereocenters. The van der Waals surface area contributed by atoms with Crippen LogP contribution in [-0.2, 0) is 0 Å². The molecule has 1 aliphatic rings. The Balaban J connectivity index is 2.11. The first-order chi connectivity index (χ1) is 8.81. The number of hydrogen-bond acceptors (Lipinski definition) is 2. The van der Waals surface area contributed by atoms with Crippen molar-refractivity contribution in [1.82, 2.24) is 0 Å². The Bertz CT molecular complexity index is 554. The molecule has 0 radical (unpaired) electrons. The van der Waals surface area contributed by atoms with Gasteiger partial charge in [-0.25, -0.2) is 0 Å². The highest BCUT2D eigenvalue weighted by molar-refractivity contribution is 9.10. The first-order valence-corrected chi connectivity index (χ1v) is 6.71. The molecule has 18 heavy (non-hydrogen) atoms. The van der Waals surface area contributed by atoms with Crippen LogP contribution in [0.1, 0.15) is 17.0 Å². The summed E-state index contributed by atoms with van der Waals surface area (Å²) in [4.78, 5) is 0. The summed E-state index contributed by atoms with van der Waals surface area (Å²) in [5.74, 6) is 0.953. The van der Waals surface area contributed by atoms with E-state index < -0.39 is 0 Å². The highest BCUT2D eigenvalue weighted by Crippen LogP contribution is 2.45. The molecule has 1 heterocycles. The minimum Gasteiger partial charge on any atom is -0.486 e. The summed E-state index contributed by atoms with van der Waals surface area (Å²) < 4.78 is 6.80. The Morgan fingerprint density at radius 2 is 1.83 bits per heavy atom.